The monoisotopic (exact) mass is 373 g/mol. The van der Waals surface area contributed by atoms with Gasteiger partial charge >= 0.3 is 5.91 Å². The van der Waals surface area contributed by atoms with Gasteiger partial charge in [0.05, 0.1) is 13.3 Å². The van der Waals surface area contributed by atoms with Crippen molar-refractivity contribution in [3.05, 3.63) is 83.9 Å². The molecule has 2 aromatic heterocycles. The van der Waals surface area contributed by atoms with Gasteiger partial charge in [0.15, 0.2) is 17.1 Å². The van der Waals surface area contributed by atoms with Crippen LogP contribution in [0.2, 0.25) is 0 Å². The van der Waals surface area contributed by atoms with E-state index in [9.17, 15) is 4.79 Å². The molecule has 0 aliphatic heterocycles. The molecule has 0 spiro atoms. The average molecular weight is 373 g/mol. The Morgan fingerprint density at radius 3 is 2.75 bits per heavy atom. The second-order valence-corrected chi connectivity index (χ2v) is 6.31. The molecule has 1 amide bonds. The third-order valence-electron chi connectivity index (χ3n) is 4.40. The third kappa shape index (κ3) is 3.40. The lowest BCUT2D eigenvalue weighted by Gasteiger charge is -2.04. The zero-order valence-corrected chi connectivity index (χ0v) is 15.5. The van der Waals surface area contributed by atoms with Gasteiger partial charge in [0.25, 0.3) is 0 Å². The maximum Gasteiger partial charge on any atom is 0.307 e. The van der Waals surface area contributed by atoms with Crippen LogP contribution in [0.4, 0.5) is 0 Å². The largest absolute Gasteiger partial charge is 0.493 e. The van der Waals surface area contributed by atoms with Crippen LogP contribution in [0.1, 0.15) is 21.8 Å². The molecule has 0 aliphatic rings. The van der Waals surface area contributed by atoms with Crippen LogP contribution in [0.3, 0.4) is 0 Å². The van der Waals surface area contributed by atoms with E-state index in [1.54, 1.807) is 25.5 Å². The molecule has 0 saturated heterocycles. The zero-order chi connectivity index (χ0) is 19.5. The fourth-order valence-corrected chi connectivity index (χ4v) is 3.07. The Labute approximate surface area is 162 Å². The number of benzene rings is 2. The molecule has 140 valence electrons. The molecule has 28 heavy (non-hydrogen) atoms. The summed E-state index contributed by atoms with van der Waals surface area (Å²) in [6.07, 6.45) is 3.57. The molecule has 6 nitrogen and oxygen atoms in total. The lowest BCUT2D eigenvalue weighted by molar-refractivity contribution is 0.0929. The summed E-state index contributed by atoms with van der Waals surface area (Å²) >= 11 is 0. The van der Waals surface area contributed by atoms with E-state index in [1.165, 1.54) is 0 Å². The topological polar surface area (TPSA) is 68.8 Å². The Balaban J connectivity index is 1.49. The number of amides is 1. The fraction of sp³-hybridized carbons (Fsp3) is 0.0909. The summed E-state index contributed by atoms with van der Waals surface area (Å²) < 4.78 is 12.9. The van der Waals surface area contributed by atoms with Gasteiger partial charge in [0, 0.05) is 28.5 Å². The maximum absolute atomic E-state index is 12.3. The minimum atomic E-state index is -0.422. The summed E-state index contributed by atoms with van der Waals surface area (Å²) in [7, 11) is 1.56. The van der Waals surface area contributed by atoms with Gasteiger partial charge in [-0.2, -0.15) is 5.10 Å². The number of methoxy groups -OCH3 is 1. The van der Waals surface area contributed by atoms with Crippen molar-refractivity contribution < 1.29 is 13.9 Å². The van der Waals surface area contributed by atoms with Gasteiger partial charge in [-0.05, 0) is 37.3 Å². The molecule has 0 radical (unpaired) electrons. The normalized spacial score (nSPS) is 11.2. The predicted octanol–water partition coefficient (Wildman–Crippen LogP) is 4.30. The number of furan rings is 1. The van der Waals surface area contributed by atoms with Crippen LogP contribution in [0.5, 0.6) is 5.75 Å². The Morgan fingerprint density at radius 1 is 1.14 bits per heavy atom. The Hall–Kier alpha value is -3.80. The number of carbonyl (C=O) groups is 1. The van der Waals surface area contributed by atoms with Crippen LogP contribution >= 0.6 is 0 Å². The van der Waals surface area contributed by atoms with E-state index in [-0.39, 0.29) is 5.76 Å². The van der Waals surface area contributed by atoms with E-state index in [1.807, 2.05) is 61.7 Å². The van der Waals surface area contributed by atoms with E-state index < -0.39 is 5.91 Å². The van der Waals surface area contributed by atoms with E-state index in [2.05, 4.69) is 15.1 Å². The SMILES string of the molecule is COc1cccc2cc(C(=O)N/N=C\c3cc(C)n(-c4ccccc4)c3)oc12. The number of nitrogens with zero attached hydrogens (tertiary/aromatic N) is 2. The smallest absolute Gasteiger partial charge is 0.307 e. The van der Waals surface area contributed by atoms with E-state index in [0.29, 0.717) is 11.3 Å². The molecule has 0 saturated carbocycles. The first-order valence-corrected chi connectivity index (χ1v) is 8.80. The van der Waals surface area contributed by atoms with E-state index in [4.69, 9.17) is 9.15 Å². The molecule has 2 heterocycles. The standard InChI is InChI=1S/C22H19N3O3/c1-15-11-16(14-25(15)18-8-4-3-5-9-18)13-23-24-22(26)20-12-17-7-6-10-19(27-2)21(17)28-20/h3-14H,1-2H3,(H,24,26)/b23-13-. The van der Waals surface area contributed by atoms with Gasteiger partial charge in [0.2, 0.25) is 0 Å². The molecule has 2 aromatic carbocycles. The first kappa shape index (κ1) is 17.6. The van der Waals surface area contributed by atoms with Crippen molar-refractivity contribution in [3.8, 4) is 11.4 Å². The minimum absolute atomic E-state index is 0.176. The Kier molecular flexibility index (Phi) is 4.68. The lowest BCUT2D eigenvalue weighted by Crippen LogP contribution is -2.16. The number of aryl methyl sites for hydroxylation is 1. The van der Waals surface area contributed by atoms with Crippen LogP contribution in [0, 0.1) is 6.92 Å². The molecule has 0 unspecified atom stereocenters. The second-order valence-electron chi connectivity index (χ2n) is 6.31. The minimum Gasteiger partial charge on any atom is -0.493 e. The number of hydrazone groups is 1. The van der Waals surface area contributed by atoms with Gasteiger partial charge in [-0.25, -0.2) is 5.43 Å². The summed E-state index contributed by atoms with van der Waals surface area (Å²) in [5.41, 5.74) is 6.06. The summed E-state index contributed by atoms with van der Waals surface area (Å²) in [6, 6.07) is 19.2. The number of rotatable bonds is 5. The molecule has 0 bridgehead atoms. The maximum atomic E-state index is 12.3. The molecule has 6 heteroatoms. The molecular formula is C22H19N3O3. The van der Waals surface area contributed by atoms with Crippen molar-refractivity contribution in [1.29, 1.82) is 0 Å². The summed E-state index contributed by atoms with van der Waals surface area (Å²) in [5, 5.41) is 4.85. The number of hydrogen-bond acceptors (Lipinski definition) is 4. The van der Waals surface area contributed by atoms with Crippen molar-refractivity contribution in [2.45, 2.75) is 6.92 Å². The van der Waals surface area contributed by atoms with Crippen molar-refractivity contribution in [3.63, 3.8) is 0 Å². The third-order valence-corrected chi connectivity index (χ3v) is 4.40. The first-order chi connectivity index (χ1) is 13.7. The lowest BCUT2D eigenvalue weighted by atomic mass is 10.2. The van der Waals surface area contributed by atoms with Crippen molar-refractivity contribution in [1.82, 2.24) is 9.99 Å². The van der Waals surface area contributed by atoms with Crippen LogP contribution in [-0.4, -0.2) is 23.8 Å². The second kappa shape index (κ2) is 7.44. The van der Waals surface area contributed by atoms with Gasteiger partial charge in [-0.1, -0.05) is 30.3 Å². The molecular weight excluding hydrogens is 354 g/mol. The number of carbonyl (C=O) groups excluding carboxylic acids is 1. The van der Waals surface area contributed by atoms with Crippen LogP contribution < -0.4 is 10.2 Å². The summed E-state index contributed by atoms with van der Waals surface area (Å²) in [6.45, 7) is 2.02. The van der Waals surface area contributed by atoms with Crippen LogP contribution in [0.25, 0.3) is 16.7 Å². The van der Waals surface area contributed by atoms with Gasteiger partial charge in [-0.15, -0.1) is 0 Å². The number of para-hydroxylation sites is 2. The summed E-state index contributed by atoms with van der Waals surface area (Å²) in [5.74, 6) is 0.334. The molecule has 0 aliphatic carbocycles. The first-order valence-electron chi connectivity index (χ1n) is 8.80. The van der Waals surface area contributed by atoms with Gasteiger partial charge < -0.3 is 13.7 Å². The number of hydrogen-bond donors (Lipinski definition) is 1. The van der Waals surface area contributed by atoms with Crippen molar-refractivity contribution in [2.24, 2.45) is 5.10 Å². The number of nitrogens with one attached hydrogen (secondary N) is 1. The quantitative estimate of drug-likeness (QED) is 0.419. The number of ether oxygens (including phenoxy) is 1. The Bertz CT molecular complexity index is 1160. The number of fused-ring (bicyclic) bond motifs is 1. The predicted molar refractivity (Wildman–Crippen MR) is 108 cm³/mol. The molecule has 4 aromatic rings. The van der Waals surface area contributed by atoms with E-state index in [0.717, 1.165) is 22.3 Å². The van der Waals surface area contributed by atoms with Gasteiger partial charge in [0.1, 0.15) is 0 Å². The summed E-state index contributed by atoms with van der Waals surface area (Å²) in [4.78, 5) is 12.3. The average Bonchev–Trinajstić information content (AvgIpc) is 3.32. The van der Waals surface area contributed by atoms with Crippen LogP contribution in [-0.2, 0) is 0 Å². The highest BCUT2D eigenvalue weighted by atomic mass is 16.5. The molecule has 0 atom stereocenters. The Morgan fingerprint density at radius 2 is 1.96 bits per heavy atom. The van der Waals surface area contributed by atoms with Crippen molar-refractivity contribution >= 4 is 23.1 Å². The highest BCUT2D eigenvalue weighted by Gasteiger charge is 2.14. The fourth-order valence-electron chi connectivity index (χ4n) is 3.07. The van der Waals surface area contributed by atoms with E-state index >= 15 is 0 Å². The van der Waals surface area contributed by atoms with Gasteiger partial charge in [-0.3, -0.25) is 4.79 Å². The highest BCUT2D eigenvalue weighted by Crippen LogP contribution is 2.28. The van der Waals surface area contributed by atoms with Crippen molar-refractivity contribution in [2.75, 3.05) is 7.11 Å². The molecule has 0 fully saturated rings. The highest BCUT2D eigenvalue weighted by molar-refractivity contribution is 5.97. The molecule has 4 rings (SSSR count). The number of aromatic nitrogens is 1. The molecule has 1 N–H and O–H groups in total. The van der Waals surface area contributed by atoms with Crippen LogP contribution in [0.15, 0.2) is 76.4 Å². The zero-order valence-electron chi connectivity index (χ0n) is 15.5.